The number of amides is 5. The molecular formula is C18H22N3O4+. The Morgan fingerprint density at radius 2 is 1.56 bits per heavy atom. The van der Waals surface area contributed by atoms with E-state index in [1.54, 1.807) is 37.3 Å². The Hall–Kier alpha value is -2.54. The summed E-state index contributed by atoms with van der Waals surface area (Å²) in [6.45, 7) is 2.53. The van der Waals surface area contributed by atoms with Gasteiger partial charge in [0.2, 0.25) is 0 Å². The first-order valence-corrected chi connectivity index (χ1v) is 8.62. The number of hydrogen-bond acceptors (Lipinski definition) is 4. The quantitative estimate of drug-likeness (QED) is 0.636. The van der Waals surface area contributed by atoms with Crippen molar-refractivity contribution in [1.29, 1.82) is 0 Å². The summed E-state index contributed by atoms with van der Waals surface area (Å²) in [6, 6.07) is 7.73. The van der Waals surface area contributed by atoms with E-state index in [0.29, 0.717) is 18.7 Å². The highest BCUT2D eigenvalue weighted by molar-refractivity contribution is 6.22. The average molecular weight is 344 g/mol. The number of rotatable bonds is 3. The lowest BCUT2D eigenvalue weighted by Gasteiger charge is -2.51. The van der Waals surface area contributed by atoms with Gasteiger partial charge in [0.15, 0.2) is 0 Å². The minimum atomic E-state index is -1.78. The van der Waals surface area contributed by atoms with Gasteiger partial charge in [-0.25, -0.2) is 14.1 Å². The second kappa shape index (κ2) is 6.40. The standard InChI is InChI=1S/C18H21N3O4/c1-2-14(22)21(11-7-4-8-12-21)18(13-9-5-3-6-10-13)15(23)19-17(25)20-16(18)24/h3,5-6,9-10H,2,4,7-8,11-12H2,1H3,(H-,19,20,23,24,25)/p+1. The molecule has 0 saturated carbocycles. The Morgan fingerprint density at radius 3 is 2.08 bits per heavy atom. The van der Waals surface area contributed by atoms with E-state index < -0.39 is 23.4 Å². The number of carbonyl (C=O) groups is 4. The molecule has 5 amide bonds. The second-order valence-electron chi connectivity index (χ2n) is 6.54. The number of barbiturate groups is 1. The van der Waals surface area contributed by atoms with Crippen LogP contribution in [0.4, 0.5) is 4.79 Å². The summed E-state index contributed by atoms with van der Waals surface area (Å²) in [5.41, 5.74) is -1.34. The van der Waals surface area contributed by atoms with Crippen molar-refractivity contribution in [2.24, 2.45) is 0 Å². The molecule has 2 aliphatic rings. The third-order valence-corrected chi connectivity index (χ3v) is 5.30. The predicted octanol–water partition coefficient (Wildman–Crippen LogP) is 1.19. The zero-order valence-corrected chi connectivity index (χ0v) is 14.2. The highest BCUT2D eigenvalue weighted by Gasteiger charge is 2.68. The molecule has 2 fully saturated rings. The molecule has 1 aromatic carbocycles. The fraction of sp³-hybridized carbons (Fsp3) is 0.444. The number of likely N-dealkylation sites (tertiary alicyclic amines) is 1. The average Bonchev–Trinajstić information content (AvgIpc) is 2.62. The maximum Gasteiger partial charge on any atom is 0.328 e. The van der Waals surface area contributed by atoms with Crippen LogP contribution in [0.2, 0.25) is 0 Å². The third-order valence-electron chi connectivity index (χ3n) is 5.30. The minimum Gasteiger partial charge on any atom is -0.271 e. The van der Waals surface area contributed by atoms with Crippen molar-refractivity contribution in [2.45, 2.75) is 38.1 Å². The number of carbonyl (C=O) groups excluding carboxylic acids is 4. The van der Waals surface area contributed by atoms with Crippen molar-refractivity contribution < 1.29 is 23.7 Å². The van der Waals surface area contributed by atoms with Crippen LogP contribution in [0.25, 0.3) is 0 Å². The summed E-state index contributed by atoms with van der Waals surface area (Å²) in [5, 5.41) is 4.44. The molecule has 0 aliphatic carbocycles. The number of urea groups is 1. The van der Waals surface area contributed by atoms with Crippen molar-refractivity contribution in [2.75, 3.05) is 13.1 Å². The molecule has 1 aromatic rings. The van der Waals surface area contributed by atoms with E-state index in [2.05, 4.69) is 10.6 Å². The van der Waals surface area contributed by atoms with Crippen molar-refractivity contribution in [3.63, 3.8) is 0 Å². The molecule has 3 rings (SSSR count). The topological polar surface area (TPSA) is 92.3 Å². The molecule has 0 radical (unpaired) electrons. The van der Waals surface area contributed by atoms with Crippen molar-refractivity contribution >= 4 is 23.8 Å². The molecule has 0 unspecified atom stereocenters. The van der Waals surface area contributed by atoms with Crippen LogP contribution in [0.15, 0.2) is 30.3 Å². The summed E-state index contributed by atoms with van der Waals surface area (Å²) in [6.07, 6.45) is 2.65. The van der Waals surface area contributed by atoms with Gasteiger partial charge in [0, 0.05) is 5.56 Å². The zero-order valence-electron chi connectivity index (χ0n) is 14.2. The van der Waals surface area contributed by atoms with E-state index in [9.17, 15) is 19.2 Å². The van der Waals surface area contributed by atoms with Gasteiger partial charge in [-0.3, -0.25) is 20.2 Å². The van der Waals surface area contributed by atoms with E-state index in [1.165, 1.54) is 0 Å². The van der Waals surface area contributed by atoms with Crippen LogP contribution < -0.4 is 10.6 Å². The van der Waals surface area contributed by atoms with Crippen LogP contribution >= 0.6 is 0 Å². The normalized spacial score (nSPS) is 22.0. The van der Waals surface area contributed by atoms with E-state index >= 15 is 0 Å². The molecule has 0 bridgehead atoms. The SMILES string of the molecule is CCC(=O)[N+]1(C2(c3ccccc3)C(=O)NC(=O)NC2=O)CCCCC1. The number of quaternary nitrogens is 1. The third kappa shape index (κ3) is 2.38. The van der Waals surface area contributed by atoms with Gasteiger partial charge in [0.05, 0.1) is 19.5 Å². The molecule has 132 valence electrons. The number of nitrogens with zero attached hydrogens (tertiary/aromatic N) is 1. The molecular weight excluding hydrogens is 322 g/mol. The van der Waals surface area contributed by atoms with Crippen LogP contribution in [0.1, 0.15) is 38.2 Å². The van der Waals surface area contributed by atoms with Gasteiger partial charge in [0.25, 0.3) is 5.54 Å². The summed E-state index contributed by atoms with van der Waals surface area (Å²) in [4.78, 5) is 50.9. The molecule has 2 saturated heterocycles. The Balaban J connectivity index is 2.30. The molecule has 0 spiro atoms. The fourth-order valence-corrected chi connectivity index (χ4v) is 4.23. The summed E-state index contributed by atoms with van der Waals surface area (Å²) in [5.74, 6) is -1.62. The zero-order chi connectivity index (χ0) is 18.1. The number of hydrogen-bond donors (Lipinski definition) is 2. The number of piperidine rings is 1. The van der Waals surface area contributed by atoms with Gasteiger partial charge in [0.1, 0.15) is 0 Å². The van der Waals surface area contributed by atoms with E-state index in [-0.39, 0.29) is 16.8 Å². The molecule has 2 N–H and O–H groups in total. The molecule has 0 atom stereocenters. The molecule has 2 aliphatic heterocycles. The molecule has 25 heavy (non-hydrogen) atoms. The fourth-order valence-electron chi connectivity index (χ4n) is 4.23. The number of imide groups is 2. The lowest BCUT2D eigenvalue weighted by atomic mass is 9.79. The Morgan fingerprint density at radius 1 is 1.00 bits per heavy atom. The Bertz CT molecular complexity index is 703. The maximum atomic E-state index is 13.1. The Labute approximate surface area is 146 Å². The van der Waals surface area contributed by atoms with Crippen molar-refractivity contribution in [3.8, 4) is 0 Å². The van der Waals surface area contributed by atoms with E-state index in [1.807, 2.05) is 0 Å². The van der Waals surface area contributed by atoms with Crippen molar-refractivity contribution in [1.82, 2.24) is 10.6 Å². The summed E-state index contributed by atoms with van der Waals surface area (Å²) < 4.78 is -0.265. The van der Waals surface area contributed by atoms with Gasteiger partial charge in [-0.15, -0.1) is 0 Å². The molecule has 2 heterocycles. The Kier molecular flexibility index (Phi) is 4.43. The van der Waals surface area contributed by atoms with Crippen molar-refractivity contribution in [3.05, 3.63) is 35.9 Å². The van der Waals surface area contributed by atoms with Crippen LogP contribution in [0.3, 0.4) is 0 Å². The first-order valence-electron chi connectivity index (χ1n) is 8.62. The molecule has 7 nitrogen and oxygen atoms in total. The number of nitrogens with one attached hydrogen (secondary N) is 2. The smallest absolute Gasteiger partial charge is 0.271 e. The van der Waals surface area contributed by atoms with Gasteiger partial charge < -0.3 is 0 Å². The van der Waals surface area contributed by atoms with E-state index in [0.717, 1.165) is 19.3 Å². The second-order valence-corrected chi connectivity index (χ2v) is 6.54. The van der Waals surface area contributed by atoms with E-state index in [4.69, 9.17) is 0 Å². The van der Waals surface area contributed by atoms with Gasteiger partial charge >= 0.3 is 23.8 Å². The maximum absolute atomic E-state index is 13.1. The lowest BCUT2D eigenvalue weighted by molar-refractivity contribution is -0.898. The minimum absolute atomic E-state index is 0.164. The first-order chi connectivity index (χ1) is 12.0. The summed E-state index contributed by atoms with van der Waals surface area (Å²) in [7, 11) is 0. The van der Waals surface area contributed by atoms with Crippen LogP contribution in [0.5, 0.6) is 0 Å². The monoisotopic (exact) mass is 344 g/mol. The lowest BCUT2D eigenvalue weighted by Crippen LogP contribution is -2.80. The van der Waals surface area contributed by atoms with Crippen LogP contribution in [-0.2, 0) is 19.9 Å². The molecule has 7 heteroatoms. The largest absolute Gasteiger partial charge is 0.328 e. The van der Waals surface area contributed by atoms with Gasteiger partial charge in [-0.05, 0) is 19.3 Å². The highest BCUT2D eigenvalue weighted by Crippen LogP contribution is 2.41. The van der Waals surface area contributed by atoms with Gasteiger partial charge in [-0.1, -0.05) is 37.3 Å². The van der Waals surface area contributed by atoms with Crippen LogP contribution in [-0.4, -0.2) is 41.3 Å². The summed E-state index contributed by atoms with van der Waals surface area (Å²) >= 11 is 0. The van der Waals surface area contributed by atoms with Gasteiger partial charge in [-0.2, -0.15) is 0 Å². The molecule has 0 aromatic heterocycles. The number of benzene rings is 1. The first kappa shape index (κ1) is 17.3. The van der Waals surface area contributed by atoms with Crippen LogP contribution in [0, 0.1) is 0 Å². The highest BCUT2D eigenvalue weighted by atomic mass is 16.2. The predicted molar refractivity (Wildman–Crippen MR) is 88.9 cm³/mol.